The molecule has 2 N–H and O–H groups in total. The second kappa shape index (κ2) is 3.18. The van der Waals surface area contributed by atoms with Crippen LogP contribution in [0.25, 0.3) is 5.65 Å². The molecule has 5 nitrogen and oxygen atoms in total. The van der Waals surface area contributed by atoms with Gasteiger partial charge in [-0.05, 0) is 6.07 Å². The lowest BCUT2D eigenvalue weighted by Gasteiger charge is -1.88. The van der Waals surface area contributed by atoms with Gasteiger partial charge in [-0.1, -0.05) is 5.92 Å². The van der Waals surface area contributed by atoms with Gasteiger partial charge >= 0.3 is 0 Å². The second-order valence-electron chi connectivity index (χ2n) is 2.56. The van der Waals surface area contributed by atoms with Crippen molar-refractivity contribution in [2.24, 2.45) is 5.73 Å². The summed E-state index contributed by atoms with van der Waals surface area (Å²) in [7, 11) is 0. The van der Waals surface area contributed by atoms with E-state index in [-0.39, 0.29) is 0 Å². The first-order valence-corrected chi connectivity index (χ1v) is 3.87. The normalized spacial score (nSPS) is 9.43. The van der Waals surface area contributed by atoms with E-state index < -0.39 is 5.91 Å². The molecule has 0 radical (unpaired) electrons. The minimum Gasteiger partial charge on any atom is -0.359 e. The van der Waals surface area contributed by atoms with Gasteiger partial charge in [0.2, 0.25) is 0 Å². The van der Waals surface area contributed by atoms with Crippen LogP contribution >= 0.6 is 0 Å². The van der Waals surface area contributed by atoms with Crippen LogP contribution in [0, 0.1) is 11.8 Å². The van der Waals surface area contributed by atoms with E-state index in [1.54, 1.807) is 23.0 Å². The molecule has 0 saturated carbocycles. The number of primary amides is 1. The van der Waals surface area contributed by atoms with Gasteiger partial charge in [0.05, 0.1) is 11.8 Å². The van der Waals surface area contributed by atoms with E-state index in [1.807, 2.05) is 0 Å². The third-order valence-electron chi connectivity index (χ3n) is 1.60. The van der Waals surface area contributed by atoms with E-state index in [0.29, 0.717) is 11.2 Å². The maximum Gasteiger partial charge on any atom is 0.293 e. The van der Waals surface area contributed by atoms with Crippen LogP contribution < -0.4 is 5.73 Å². The smallest absolute Gasteiger partial charge is 0.293 e. The first kappa shape index (κ1) is 8.26. The van der Waals surface area contributed by atoms with Gasteiger partial charge in [0.15, 0.2) is 5.65 Å². The highest BCUT2D eigenvalue weighted by Gasteiger charge is 2.00. The Morgan fingerprint density at radius 3 is 3.21 bits per heavy atom. The molecule has 0 aliphatic rings. The van der Waals surface area contributed by atoms with Crippen LogP contribution in [0.5, 0.6) is 0 Å². The summed E-state index contributed by atoms with van der Waals surface area (Å²) >= 11 is 0. The molecular weight excluding hydrogens is 180 g/mol. The fourth-order valence-electron chi connectivity index (χ4n) is 1.04. The highest BCUT2D eigenvalue weighted by molar-refractivity contribution is 5.92. The first-order valence-electron chi connectivity index (χ1n) is 3.87. The predicted molar refractivity (Wildman–Crippen MR) is 49.1 cm³/mol. The molecule has 0 spiro atoms. The minimum atomic E-state index is -0.666. The molecule has 2 heterocycles. The van der Waals surface area contributed by atoms with Gasteiger partial charge in [-0.25, -0.2) is 9.50 Å². The second-order valence-corrected chi connectivity index (χ2v) is 2.56. The molecule has 2 aromatic rings. The quantitative estimate of drug-likeness (QED) is 0.567. The van der Waals surface area contributed by atoms with Crippen molar-refractivity contribution in [3.63, 3.8) is 0 Å². The predicted octanol–water partition coefficient (Wildman–Crippen LogP) is -0.434. The van der Waals surface area contributed by atoms with Crippen LogP contribution in [0.2, 0.25) is 0 Å². The summed E-state index contributed by atoms with van der Waals surface area (Å²) in [5.41, 5.74) is 6.09. The van der Waals surface area contributed by atoms with Crippen LogP contribution in [0.1, 0.15) is 5.56 Å². The van der Waals surface area contributed by atoms with Crippen LogP contribution in [-0.2, 0) is 4.79 Å². The first-order chi connectivity index (χ1) is 6.77. The van der Waals surface area contributed by atoms with E-state index in [4.69, 9.17) is 5.73 Å². The zero-order valence-electron chi connectivity index (χ0n) is 7.14. The average Bonchev–Trinajstić information content (AvgIpc) is 2.58. The summed E-state index contributed by atoms with van der Waals surface area (Å²) < 4.78 is 1.57. The van der Waals surface area contributed by atoms with Crippen LogP contribution in [0.4, 0.5) is 0 Å². The molecule has 0 aromatic carbocycles. The number of rotatable bonds is 0. The molecule has 0 saturated heterocycles. The van der Waals surface area contributed by atoms with Crippen molar-refractivity contribution in [2.45, 2.75) is 0 Å². The van der Waals surface area contributed by atoms with Crippen molar-refractivity contribution in [1.29, 1.82) is 0 Å². The lowest BCUT2D eigenvalue weighted by molar-refractivity contribution is -0.112. The van der Waals surface area contributed by atoms with Crippen molar-refractivity contribution < 1.29 is 4.79 Å². The maximum absolute atomic E-state index is 10.4. The molecule has 2 aromatic heterocycles. The molecule has 14 heavy (non-hydrogen) atoms. The van der Waals surface area contributed by atoms with Crippen LogP contribution in [0.15, 0.2) is 24.7 Å². The van der Waals surface area contributed by atoms with E-state index in [1.165, 1.54) is 6.20 Å². The summed E-state index contributed by atoms with van der Waals surface area (Å²) in [6, 6.07) is 1.76. The molecular formula is C9H6N4O. The largest absolute Gasteiger partial charge is 0.359 e. The maximum atomic E-state index is 10.4. The summed E-state index contributed by atoms with van der Waals surface area (Å²) in [5, 5.41) is 4.00. The highest BCUT2D eigenvalue weighted by Crippen LogP contribution is 2.03. The van der Waals surface area contributed by atoms with E-state index >= 15 is 0 Å². The van der Waals surface area contributed by atoms with Gasteiger partial charge in [0, 0.05) is 18.3 Å². The number of amides is 1. The summed E-state index contributed by atoms with van der Waals surface area (Å²) in [6.45, 7) is 0. The Morgan fingerprint density at radius 2 is 2.43 bits per heavy atom. The summed E-state index contributed by atoms with van der Waals surface area (Å²) in [4.78, 5) is 14.5. The zero-order valence-corrected chi connectivity index (χ0v) is 7.14. The van der Waals surface area contributed by atoms with Crippen LogP contribution in [0.3, 0.4) is 0 Å². The lowest BCUT2D eigenvalue weighted by Crippen LogP contribution is -2.06. The SMILES string of the molecule is NC(=O)C#Cc1cnn2cccnc12. The number of fused-ring (bicyclic) bond motifs is 1. The van der Waals surface area contributed by atoms with Crippen molar-refractivity contribution in [3.05, 3.63) is 30.2 Å². The minimum absolute atomic E-state index is 0.587. The van der Waals surface area contributed by atoms with Gasteiger partial charge < -0.3 is 5.73 Å². The summed E-state index contributed by atoms with van der Waals surface area (Å²) in [6.07, 6.45) is 4.92. The number of nitrogens with two attached hydrogens (primary N) is 1. The third-order valence-corrected chi connectivity index (χ3v) is 1.60. The fourth-order valence-corrected chi connectivity index (χ4v) is 1.04. The number of carbonyl (C=O) groups is 1. The van der Waals surface area contributed by atoms with Gasteiger partial charge in [-0.3, -0.25) is 4.79 Å². The van der Waals surface area contributed by atoms with E-state index in [0.717, 1.165) is 0 Å². The number of hydrogen-bond donors (Lipinski definition) is 1. The molecule has 0 aliphatic carbocycles. The van der Waals surface area contributed by atoms with Crippen molar-refractivity contribution in [3.8, 4) is 11.8 Å². The zero-order chi connectivity index (χ0) is 9.97. The van der Waals surface area contributed by atoms with Gasteiger partial charge in [-0.2, -0.15) is 5.10 Å². The monoisotopic (exact) mass is 186 g/mol. The molecule has 0 atom stereocenters. The number of aromatic nitrogens is 3. The Balaban J connectivity index is 2.55. The van der Waals surface area contributed by atoms with Gasteiger partial charge in [0.25, 0.3) is 5.91 Å². The molecule has 68 valence electrons. The number of nitrogens with zero attached hydrogens (tertiary/aromatic N) is 3. The Bertz CT molecular complexity index is 546. The number of carbonyl (C=O) groups excluding carboxylic acids is 1. The molecule has 2 rings (SSSR count). The summed E-state index contributed by atoms with van der Waals surface area (Å²) in [5.74, 6) is 4.17. The number of hydrogen-bond acceptors (Lipinski definition) is 3. The van der Waals surface area contributed by atoms with E-state index in [9.17, 15) is 4.79 Å². The lowest BCUT2D eigenvalue weighted by atomic mass is 10.3. The van der Waals surface area contributed by atoms with Gasteiger partial charge in [0.1, 0.15) is 0 Å². The fraction of sp³-hybridized carbons (Fsp3) is 0. The van der Waals surface area contributed by atoms with Gasteiger partial charge in [-0.15, -0.1) is 0 Å². The topological polar surface area (TPSA) is 73.3 Å². The van der Waals surface area contributed by atoms with Crippen molar-refractivity contribution in [2.75, 3.05) is 0 Å². The van der Waals surface area contributed by atoms with Crippen LogP contribution in [-0.4, -0.2) is 20.5 Å². The van der Waals surface area contributed by atoms with E-state index in [2.05, 4.69) is 21.9 Å². The third kappa shape index (κ3) is 1.41. The Labute approximate surface area is 79.6 Å². The molecule has 0 aliphatic heterocycles. The van der Waals surface area contributed by atoms with Crippen molar-refractivity contribution in [1.82, 2.24) is 14.6 Å². The molecule has 0 unspecified atom stereocenters. The Kier molecular flexibility index (Phi) is 1.88. The Hall–Kier alpha value is -2.35. The molecule has 1 amide bonds. The Morgan fingerprint density at radius 1 is 1.57 bits per heavy atom. The highest BCUT2D eigenvalue weighted by atomic mass is 16.1. The van der Waals surface area contributed by atoms with Crippen molar-refractivity contribution >= 4 is 11.6 Å². The standard InChI is InChI=1S/C9H6N4O/c10-8(14)3-2-7-6-12-13-5-1-4-11-9(7)13/h1,4-6H,(H2,10,14). The molecule has 5 heteroatoms. The molecule has 0 bridgehead atoms. The average molecular weight is 186 g/mol. The molecule has 0 fully saturated rings.